The fraction of sp³-hybridized carbons (Fsp3) is 0.857. The van der Waals surface area contributed by atoms with E-state index < -0.39 is 0 Å². The number of nitrogens with two attached hydrogens (primary N) is 1. The summed E-state index contributed by atoms with van der Waals surface area (Å²) in [6, 6.07) is -0.181. The van der Waals surface area contributed by atoms with Crippen LogP contribution in [-0.4, -0.2) is 10.1 Å². The maximum atomic E-state index is 6.17. The highest BCUT2D eigenvalue weighted by molar-refractivity contribution is 5.06. The summed E-state index contributed by atoms with van der Waals surface area (Å²) in [4.78, 5) is 4.55. The summed E-state index contributed by atoms with van der Waals surface area (Å²) in [6.45, 7) is 10.8. The maximum Gasteiger partial charge on any atom is 0.230 e. The molecule has 1 saturated carbocycles. The average molecular weight is 251 g/mol. The molecule has 1 heterocycles. The highest BCUT2D eigenvalue weighted by Gasteiger charge is 2.39. The molecular weight excluding hydrogens is 226 g/mol. The van der Waals surface area contributed by atoms with Crippen molar-refractivity contribution in [1.29, 1.82) is 0 Å². The van der Waals surface area contributed by atoms with E-state index in [1.165, 1.54) is 12.8 Å². The third-order valence-electron chi connectivity index (χ3n) is 4.22. The van der Waals surface area contributed by atoms with Gasteiger partial charge in [0.25, 0.3) is 0 Å². The van der Waals surface area contributed by atoms with Crippen molar-refractivity contribution < 1.29 is 4.52 Å². The van der Waals surface area contributed by atoms with Gasteiger partial charge in [0.05, 0.1) is 6.04 Å². The van der Waals surface area contributed by atoms with Gasteiger partial charge in [0, 0.05) is 5.92 Å². The van der Waals surface area contributed by atoms with Crippen LogP contribution < -0.4 is 5.73 Å². The van der Waals surface area contributed by atoms with Crippen LogP contribution >= 0.6 is 0 Å². The number of nitrogens with zero attached hydrogens (tertiary/aromatic N) is 2. The molecule has 4 nitrogen and oxygen atoms in total. The van der Waals surface area contributed by atoms with Gasteiger partial charge in [-0.15, -0.1) is 0 Å². The standard InChI is InChI=1S/C14H25N3O/c1-13(2,3)10(15)11-16-12(18-17-11)9-7-6-8-14(9,4)5/h9-10H,6-8,15H2,1-5H3. The molecular formula is C14H25N3O. The zero-order valence-corrected chi connectivity index (χ0v) is 12.2. The first-order valence-electron chi connectivity index (χ1n) is 6.81. The molecule has 1 aromatic rings. The van der Waals surface area contributed by atoms with Gasteiger partial charge in [-0.3, -0.25) is 0 Å². The smallest absolute Gasteiger partial charge is 0.230 e. The summed E-state index contributed by atoms with van der Waals surface area (Å²) in [6.07, 6.45) is 3.60. The minimum Gasteiger partial charge on any atom is -0.339 e. The van der Waals surface area contributed by atoms with Gasteiger partial charge in [-0.05, 0) is 23.7 Å². The Hall–Kier alpha value is -0.900. The van der Waals surface area contributed by atoms with Crippen LogP contribution in [0, 0.1) is 10.8 Å². The van der Waals surface area contributed by atoms with Crippen molar-refractivity contribution >= 4 is 0 Å². The van der Waals surface area contributed by atoms with Crippen molar-refractivity contribution in [2.45, 2.75) is 65.8 Å². The number of rotatable bonds is 2. The highest BCUT2D eigenvalue weighted by atomic mass is 16.5. The molecule has 0 aromatic carbocycles. The molecule has 2 rings (SSSR count). The zero-order valence-electron chi connectivity index (χ0n) is 12.2. The van der Waals surface area contributed by atoms with Gasteiger partial charge in [-0.25, -0.2) is 0 Å². The third-order valence-corrected chi connectivity index (χ3v) is 4.22. The largest absolute Gasteiger partial charge is 0.339 e. The molecule has 1 aliphatic rings. The van der Waals surface area contributed by atoms with Crippen LogP contribution in [0.1, 0.15) is 77.6 Å². The Morgan fingerprint density at radius 3 is 2.56 bits per heavy atom. The predicted molar refractivity (Wildman–Crippen MR) is 71.1 cm³/mol. The molecule has 4 heteroatoms. The molecule has 102 valence electrons. The van der Waals surface area contributed by atoms with Gasteiger partial charge < -0.3 is 10.3 Å². The first kappa shape index (κ1) is 13.5. The highest BCUT2D eigenvalue weighted by Crippen LogP contribution is 2.48. The number of hydrogen-bond acceptors (Lipinski definition) is 4. The lowest BCUT2D eigenvalue weighted by molar-refractivity contribution is 0.257. The first-order chi connectivity index (χ1) is 8.22. The number of hydrogen-bond donors (Lipinski definition) is 1. The van der Waals surface area contributed by atoms with Gasteiger partial charge in [0.2, 0.25) is 5.89 Å². The zero-order chi connectivity index (χ0) is 13.6. The van der Waals surface area contributed by atoms with Gasteiger partial charge >= 0.3 is 0 Å². The predicted octanol–water partition coefficient (Wildman–Crippen LogP) is 3.41. The lowest BCUT2D eigenvalue weighted by Crippen LogP contribution is -2.27. The fourth-order valence-corrected chi connectivity index (χ4v) is 2.69. The van der Waals surface area contributed by atoms with Gasteiger partial charge in [-0.1, -0.05) is 46.2 Å². The van der Waals surface area contributed by atoms with Gasteiger partial charge in [0.1, 0.15) is 0 Å². The topological polar surface area (TPSA) is 64.9 Å². The Bertz CT molecular complexity index is 417. The van der Waals surface area contributed by atoms with E-state index in [0.29, 0.717) is 11.7 Å². The molecule has 1 aliphatic carbocycles. The van der Waals surface area contributed by atoms with Crippen molar-refractivity contribution in [3.8, 4) is 0 Å². The van der Waals surface area contributed by atoms with Crippen LogP contribution in [0.3, 0.4) is 0 Å². The molecule has 0 bridgehead atoms. The van der Waals surface area contributed by atoms with Crippen molar-refractivity contribution in [1.82, 2.24) is 10.1 Å². The average Bonchev–Trinajstić information content (AvgIpc) is 2.81. The van der Waals surface area contributed by atoms with Gasteiger partial charge in [-0.2, -0.15) is 4.98 Å². The molecule has 0 amide bonds. The molecule has 1 aromatic heterocycles. The molecule has 1 fully saturated rings. The minimum atomic E-state index is -0.181. The summed E-state index contributed by atoms with van der Waals surface area (Å²) in [5, 5.41) is 4.08. The molecule has 2 unspecified atom stereocenters. The molecule has 2 atom stereocenters. The van der Waals surface area contributed by atoms with E-state index in [-0.39, 0.29) is 16.9 Å². The van der Waals surface area contributed by atoms with Crippen LogP contribution in [0.5, 0.6) is 0 Å². The molecule has 0 saturated heterocycles. The Morgan fingerprint density at radius 1 is 1.39 bits per heavy atom. The van der Waals surface area contributed by atoms with Crippen LogP contribution in [0.15, 0.2) is 4.52 Å². The van der Waals surface area contributed by atoms with Crippen LogP contribution in [0.4, 0.5) is 0 Å². The quantitative estimate of drug-likeness (QED) is 0.874. The minimum absolute atomic E-state index is 0.0493. The second-order valence-electron chi connectivity index (χ2n) is 7.27. The normalized spacial score (nSPS) is 25.3. The summed E-state index contributed by atoms with van der Waals surface area (Å²) in [5.41, 5.74) is 6.38. The van der Waals surface area contributed by atoms with Crippen molar-refractivity contribution in [2.24, 2.45) is 16.6 Å². The third kappa shape index (κ3) is 2.44. The molecule has 0 spiro atoms. The van der Waals surface area contributed by atoms with E-state index in [0.717, 1.165) is 12.3 Å². The first-order valence-corrected chi connectivity index (χ1v) is 6.81. The van der Waals surface area contributed by atoms with Crippen LogP contribution in [0.25, 0.3) is 0 Å². The molecule has 18 heavy (non-hydrogen) atoms. The molecule has 0 radical (unpaired) electrons. The molecule has 0 aliphatic heterocycles. The Balaban J connectivity index is 2.21. The monoisotopic (exact) mass is 251 g/mol. The van der Waals surface area contributed by atoms with Crippen molar-refractivity contribution in [2.75, 3.05) is 0 Å². The van der Waals surface area contributed by atoms with Crippen molar-refractivity contribution in [3.63, 3.8) is 0 Å². The second kappa shape index (κ2) is 4.34. The van der Waals surface area contributed by atoms with E-state index in [4.69, 9.17) is 10.3 Å². The Morgan fingerprint density at radius 2 is 2.06 bits per heavy atom. The summed E-state index contributed by atoms with van der Waals surface area (Å²) < 4.78 is 5.46. The van der Waals surface area contributed by atoms with E-state index >= 15 is 0 Å². The van der Waals surface area contributed by atoms with Crippen LogP contribution in [-0.2, 0) is 0 Å². The fourth-order valence-electron chi connectivity index (χ4n) is 2.69. The Kier molecular flexibility index (Phi) is 3.26. The lowest BCUT2D eigenvalue weighted by Gasteiger charge is -2.24. The van der Waals surface area contributed by atoms with E-state index in [1.807, 2.05) is 0 Å². The lowest BCUT2D eigenvalue weighted by atomic mass is 9.82. The van der Waals surface area contributed by atoms with E-state index in [2.05, 4.69) is 44.8 Å². The van der Waals surface area contributed by atoms with Crippen molar-refractivity contribution in [3.05, 3.63) is 11.7 Å². The van der Waals surface area contributed by atoms with E-state index in [9.17, 15) is 0 Å². The van der Waals surface area contributed by atoms with E-state index in [1.54, 1.807) is 0 Å². The summed E-state index contributed by atoms with van der Waals surface area (Å²) in [5.74, 6) is 1.79. The summed E-state index contributed by atoms with van der Waals surface area (Å²) >= 11 is 0. The molecule has 2 N–H and O–H groups in total. The van der Waals surface area contributed by atoms with Crippen LogP contribution in [0.2, 0.25) is 0 Å². The number of aromatic nitrogens is 2. The summed E-state index contributed by atoms with van der Waals surface area (Å²) in [7, 11) is 0. The van der Waals surface area contributed by atoms with Gasteiger partial charge in [0.15, 0.2) is 5.82 Å². The SMILES string of the molecule is CC(C)(C)C(N)c1noc(C2CCCC2(C)C)n1. The maximum absolute atomic E-state index is 6.17. The Labute approximate surface area is 109 Å². The second-order valence-corrected chi connectivity index (χ2v) is 7.27.